The first-order valence-electron chi connectivity index (χ1n) is 8.13. The standard InChI is InChI=1S/C18H26ClN3O2/c1-13(2)18(4,12-20)21-17(23)14(3)22(5)10-11-24-16-8-6-15(19)7-9-16/h6-9,13-14H,10-11H2,1-5H3,(H,21,23)/p+1/t14-,18+/m0/s1. The lowest BCUT2D eigenvalue weighted by Gasteiger charge is -2.30. The van der Waals surface area contributed by atoms with E-state index < -0.39 is 5.54 Å². The topological polar surface area (TPSA) is 66.6 Å². The Balaban J connectivity index is 2.49. The largest absolute Gasteiger partial charge is 0.488 e. The Morgan fingerprint density at radius 1 is 1.38 bits per heavy atom. The Kier molecular flexibility index (Phi) is 7.53. The smallest absolute Gasteiger partial charge is 0.279 e. The van der Waals surface area contributed by atoms with E-state index in [0.29, 0.717) is 18.2 Å². The number of rotatable bonds is 8. The van der Waals surface area contributed by atoms with Crippen LogP contribution in [0.5, 0.6) is 5.75 Å². The number of nitriles is 1. The summed E-state index contributed by atoms with van der Waals surface area (Å²) in [6.07, 6.45) is 0. The third-order valence-corrected chi connectivity index (χ3v) is 4.73. The molecule has 3 atom stereocenters. The van der Waals surface area contributed by atoms with E-state index in [1.807, 2.05) is 40.0 Å². The van der Waals surface area contributed by atoms with Crippen molar-refractivity contribution in [3.8, 4) is 11.8 Å². The lowest BCUT2D eigenvalue weighted by atomic mass is 9.90. The number of carbonyl (C=O) groups is 1. The Hall–Kier alpha value is -1.77. The van der Waals surface area contributed by atoms with Crippen molar-refractivity contribution in [1.82, 2.24) is 5.32 Å². The summed E-state index contributed by atoms with van der Waals surface area (Å²) >= 11 is 5.83. The number of amides is 1. The van der Waals surface area contributed by atoms with E-state index in [-0.39, 0.29) is 17.9 Å². The zero-order chi connectivity index (χ0) is 18.3. The molecule has 0 radical (unpaired) electrons. The van der Waals surface area contributed by atoms with Crippen LogP contribution in [-0.4, -0.2) is 37.7 Å². The quantitative estimate of drug-likeness (QED) is 0.748. The molecule has 24 heavy (non-hydrogen) atoms. The molecule has 132 valence electrons. The maximum Gasteiger partial charge on any atom is 0.279 e. The molecule has 0 aliphatic rings. The predicted octanol–water partition coefficient (Wildman–Crippen LogP) is 1.68. The molecule has 0 heterocycles. The van der Waals surface area contributed by atoms with Crippen molar-refractivity contribution < 1.29 is 14.4 Å². The second-order valence-electron chi connectivity index (χ2n) is 6.58. The number of carbonyl (C=O) groups excluding carboxylic acids is 1. The van der Waals surface area contributed by atoms with E-state index in [4.69, 9.17) is 16.3 Å². The number of nitrogens with one attached hydrogen (secondary N) is 2. The minimum Gasteiger partial charge on any atom is -0.488 e. The fraction of sp³-hybridized carbons (Fsp3) is 0.556. The summed E-state index contributed by atoms with van der Waals surface area (Å²) in [7, 11) is 1.94. The molecule has 2 N–H and O–H groups in total. The molecule has 0 fully saturated rings. The zero-order valence-corrected chi connectivity index (χ0v) is 15.8. The molecule has 0 aliphatic heterocycles. The summed E-state index contributed by atoms with van der Waals surface area (Å²) in [4.78, 5) is 13.4. The van der Waals surface area contributed by atoms with Crippen LogP contribution < -0.4 is 15.0 Å². The maximum atomic E-state index is 12.4. The van der Waals surface area contributed by atoms with Crippen LogP contribution in [0.1, 0.15) is 27.7 Å². The highest BCUT2D eigenvalue weighted by Crippen LogP contribution is 2.15. The average molecular weight is 353 g/mol. The molecule has 1 aromatic carbocycles. The van der Waals surface area contributed by atoms with Gasteiger partial charge >= 0.3 is 0 Å². The van der Waals surface area contributed by atoms with Crippen LogP contribution in [0.25, 0.3) is 0 Å². The van der Waals surface area contributed by atoms with Crippen molar-refractivity contribution in [3.63, 3.8) is 0 Å². The van der Waals surface area contributed by atoms with Gasteiger partial charge in [0.05, 0.1) is 13.1 Å². The molecular weight excluding hydrogens is 326 g/mol. The van der Waals surface area contributed by atoms with Crippen LogP contribution in [0, 0.1) is 17.2 Å². The van der Waals surface area contributed by atoms with E-state index in [2.05, 4.69) is 11.4 Å². The van der Waals surface area contributed by atoms with E-state index >= 15 is 0 Å². The molecule has 0 saturated heterocycles. The molecule has 1 aromatic rings. The van der Waals surface area contributed by atoms with Crippen LogP contribution in [0.2, 0.25) is 5.02 Å². The van der Waals surface area contributed by atoms with Gasteiger partial charge in [-0.05, 0) is 44.0 Å². The van der Waals surface area contributed by atoms with Gasteiger partial charge in [0.1, 0.15) is 24.4 Å². The lowest BCUT2D eigenvalue weighted by Crippen LogP contribution is -3.14. The minimum atomic E-state index is -0.856. The van der Waals surface area contributed by atoms with Crippen molar-refractivity contribution in [2.45, 2.75) is 39.3 Å². The Bertz CT molecular complexity index is 583. The molecule has 0 bridgehead atoms. The van der Waals surface area contributed by atoms with Gasteiger partial charge in [-0.15, -0.1) is 0 Å². The van der Waals surface area contributed by atoms with Crippen LogP contribution in [0.15, 0.2) is 24.3 Å². The molecule has 0 saturated carbocycles. The number of ether oxygens (including phenoxy) is 1. The van der Waals surface area contributed by atoms with Crippen LogP contribution >= 0.6 is 11.6 Å². The molecule has 5 nitrogen and oxygen atoms in total. The van der Waals surface area contributed by atoms with Gasteiger partial charge in [0.2, 0.25) is 0 Å². The molecule has 1 rings (SSSR count). The zero-order valence-electron chi connectivity index (χ0n) is 15.0. The van der Waals surface area contributed by atoms with E-state index in [9.17, 15) is 10.1 Å². The lowest BCUT2D eigenvalue weighted by molar-refractivity contribution is -0.894. The maximum absolute atomic E-state index is 12.4. The first-order chi connectivity index (χ1) is 11.2. The van der Waals surface area contributed by atoms with Crippen molar-refractivity contribution in [2.75, 3.05) is 20.2 Å². The Labute approximate surface area is 149 Å². The Morgan fingerprint density at radius 3 is 2.46 bits per heavy atom. The number of halogens is 1. The monoisotopic (exact) mass is 352 g/mol. The molecule has 0 aromatic heterocycles. The molecule has 0 spiro atoms. The highest BCUT2D eigenvalue weighted by Gasteiger charge is 2.33. The Morgan fingerprint density at radius 2 is 1.96 bits per heavy atom. The van der Waals surface area contributed by atoms with Gasteiger partial charge in [-0.25, -0.2) is 0 Å². The van der Waals surface area contributed by atoms with Crippen LogP contribution in [0.4, 0.5) is 0 Å². The van der Waals surface area contributed by atoms with Crippen LogP contribution in [0.3, 0.4) is 0 Å². The summed E-state index contributed by atoms with van der Waals surface area (Å²) in [5.74, 6) is 0.658. The molecule has 0 aliphatic carbocycles. The van der Waals surface area contributed by atoms with Gasteiger partial charge in [-0.1, -0.05) is 25.4 Å². The van der Waals surface area contributed by atoms with Gasteiger partial charge in [0.15, 0.2) is 6.04 Å². The number of hydrogen-bond acceptors (Lipinski definition) is 3. The third kappa shape index (κ3) is 5.70. The van der Waals surface area contributed by atoms with Crippen molar-refractivity contribution >= 4 is 17.5 Å². The summed E-state index contributed by atoms with van der Waals surface area (Å²) in [6, 6.07) is 9.10. The van der Waals surface area contributed by atoms with Gasteiger partial charge in [0, 0.05) is 5.02 Å². The summed E-state index contributed by atoms with van der Waals surface area (Å²) in [5.41, 5.74) is -0.856. The second-order valence-corrected chi connectivity index (χ2v) is 7.01. The fourth-order valence-corrected chi connectivity index (χ4v) is 2.09. The fourth-order valence-electron chi connectivity index (χ4n) is 1.97. The van der Waals surface area contributed by atoms with E-state index in [0.717, 1.165) is 10.6 Å². The van der Waals surface area contributed by atoms with Crippen molar-refractivity contribution in [1.29, 1.82) is 5.26 Å². The molecule has 1 unspecified atom stereocenters. The second kappa shape index (κ2) is 8.91. The summed E-state index contributed by atoms with van der Waals surface area (Å²) in [5, 5.41) is 12.8. The molecular formula is C18H27ClN3O2+. The highest BCUT2D eigenvalue weighted by atomic mass is 35.5. The van der Waals surface area contributed by atoms with Crippen molar-refractivity contribution in [2.24, 2.45) is 5.92 Å². The molecule has 6 heteroatoms. The molecule has 1 amide bonds. The number of nitrogens with zero attached hydrogens (tertiary/aromatic N) is 1. The number of likely N-dealkylation sites (N-methyl/N-ethyl adjacent to an activating group) is 1. The number of benzene rings is 1. The predicted molar refractivity (Wildman–Crippen MR) is 95.2 cm³/mol. The highest BCUT2D eigenvalue weighted by molar-refractivity contribution is 6.30. The third-order valence-electron chi connectivity index (χ3n) is 4.48. The summed E-state index contributed by atoms with van der Waals surface area (Å²) < 4.78 is 5.66. The number of hydrogen-bond donors (Lipinski definition) is 2. The van der Waals surface area contributed by atoms with E-state index in [1.54, 1.807) is 19.1 Å². The normalized spacial score (nSPS) is 15.9. The van der Waals surface area contributed by atoms with Gasteiger partial charge < -0.3 is 15.0 Å². The average Bonchev–Trinajstić information content (AvgIpc) is 2.55. The first-order valence-corrected chi connectivity index (χ1v) is 8.51. The van der Waals surface area contributed by atoms with Crippen molar-refractivity contribution in [3.05, 3.63) is 29.3 Å². The van der Waals surface area contributed by atoms with Gasteiger partial charge in [-0.3, -0.25) is 4.79 Å². The SMILES string of the molecule is CC(C)[C@@](C)(C#N)NC(=O)[C@H](C)[NH+](C)CCOc1ccc(Cl)cc1. The van der Waals surface area contributed by atoms with E-state index in [1.165, 1.54) is 0 Å². The van der Waals surface area contributed by atoms with Gasteiger partial charge in [0.25, 0.3) is 5.91 Å². The summed E-state index contributed by atoms with van der Waals surface area (Å²) in [6.45, 7) is 8.61. The number of quaternary nitrogens is 1. The van der Waals surface area contributed by atoms with Crippen LogP contribution in [-0.2, 0) is 4.79 Å². The minimum absolute atomic E-state index is 0.0344. The first kappa shape index (κ1) is 20.3. The van der Waals surface area contributed by atoms with Gasteiger partial charge in [-0.2, -0.15) is 5.26 Å².